The highest BCUT2D eigenvalue weighted by atomic mass is 16.5. The van der Waals surface area contributed by atoms with Gasteiger partial charge in [0.1, 0.15) is 17.3 Å². The van der Waals surface area contributed by atoms with Gasteiger partial charge in [0.25, 0.3) is 5.56 Å². The molecule has 1 saturated heterocycles. The second-order valence-corrected chi connectivity index (χ2v) is 5.86. The number of hydrogen-bond acceptors (Lipinski definition) is 5. The number of nitrogens with zero attached hydrogens (tertiary/aromatic N) is 3. The van der Waals surface area contributed by atoms with Crippen LogP contribution in [0.1, 0.15) is 18.7 Å². The maximum atomic E-state index is 12.3. The number of para-hydroxylation sites is 1. The first-order valence-corrected chi connectivity index (χ1v) is 8.14. The first-order chi connectivity index (χ1) is 12.2. The second-order valence-electron chi connectivity index (χ2n) is 5.86. The van der Waals surface area contributed by atoms with Crippen molar-refractivity contribution in [2.24, 2.45) is 0 Å². The molecule has 0 spiro atoms. The molecule has 0 unspecified atom stereocenters. The number of H-pyrrole nitrogens is 1. The van der Waals surface area contributed by atoms with E-state index in [2.05, 4.69) is 20.4 Å². The minimum atomic E-state index is -0.412. The van der Waals surface area contributed by atoms with E-state index >= 15 is 0 Å². The number of nitrogens with one attached hydrogen (secondary N) is 2. The Balaban J connectivity index is 1.62. The molecule has 128 valence electrons. The van der Waals surface area contributed by atoms with Gasteiger partial charge >= 0.3 is 0 Å². The minimum Gasteiger partial charge on any atom is -0.368 e. The summed E-state index contributed by atoms with van der Waals surface area (Å²) < 4.78 is 6.95. The van der Waals surface area contributed by atoms with Crippen LogP contribution in [0, 0.1) is 0 Å². The first kappa shape index (κ1) is 15.5. The van der Waals surface area contributed by atoms with E-state index in [0.717, 1.165) is 18.5 Å². The quantitative estimate of drug-likeness (QED) is 0.735. The molecular weight excluding hydrogens is 322 g/mol. The summed E-state index contributed by atoms with van der Waals surface area (Å²) >= 11 is 0. The number of carbonyl (C=O) groups excluding carboxylic acids is 1. The fourth-order valence-corrected chi connectivity index (χ4v) is 2.87. The van der Waals surface area contributed by atoms with Gasteiger partial charge in [0, 0.05) is 6.61 Å². The molecule has 1 aliphatic rings. The van der Waals surface area contributed by atoms with Gasteiger partial charge in [-0.2, -0.15) is 5.10 Å². The van der Waals surface area contributed by atoms with E-state index in [9.17, 15) is 9.59 Å². The molecule has 0 saturated carbocycles. The lowest BCUT2D eigenvalue weighted by molar-refractivity contribution is -0.130. The van der Waals surface area contributed by atoms with Gasteiger partial charge in [-0.25, -0.2) is 9.67 Å². The normalized spacial score (nSPS) is 17.0. The van der Waals surface area contributed by atoms with Gasteiger partial charge in [0.15, 0.2) is 5.65 Å². The lowest BCUT2D eigenvalue weighted by atomic mass is 10.2. The molecule has 25 heavy (non-hydrogen) atoms. The lowest BCUT2D eigenvalue weighted by Crippen LogP contribution is -2.34. The van der Waals surface area contributed by atoms with Gasteiger partial charge in [0.2, 0.25) is 5.91 Å². The summed E-state index contributed by atoms with van der Waals surface area (Å²) in [4.78, 5) is 31.4. The topological polar surface area (TPSA) is 102 Å². The molecule has 0 bridgehead atoms. The predicted molar refractivity (Wildman–Crippen MR) is 90.3 cm³/mol. The zero-order valence-electron chi connectivity index (χ0n) is 13.4. The summed E-state index contributed by atoms with van der Waals surface area (Å²) in [5.74, 6) is 0.193. The number of hydrogen-bond donors (Lipinski definition) is 2. The van der Waals surface area contributed by atoms with Crippen LogP contribution in [0.15, 0.2) is 41.3 Å². The summed E-state index contributed by atoms with van der Waals surface area (Å²) in [6.45, 7) is 0.735. The average molecular weight is 339 g/mol. The summed E-state index contributed by atoms with van der Waals surface area (Å²) in [6, 6.07) is 9.45. The smallest absolute Gasteiger partial charge is 0.262 e. The molecule has 1 aromatic carbocycles. The lowest BCUT2D eigenvalue weighted by Gasteiger charge is -2.10. The molecule has 1 fully saturated rings. The van der Waals surface area contributed by atoms with Crippen molar-refractivity contribution in [1.29, 1.82) is 0 Å². The molecular formula is C17H17N5O3. The van der Waals surface area contributed by atoms with Gasteiger partial charge in [0.05, 0.1) is 18.4 Å². The number of rotatable bonds is 4. The van der Waals surface area contributed by atoms with Crippen LogP contribution >= 0.6 is 0 Å². The Bertz CT molecular complexity index is 957. The van der Waals surface area contributed by atoms with Crippen molar-refractivity contribution in [3.05, 3.63) is 52.7 Å². The molecule has 1 amide bonds. The van der Waals surface area contributed by atoms with E-state index in [-0.39, 0.29) is 18.0 Å². The molecule has 0 radical (unpaired) electrons. The van der Waals surface area contributed by atoms with Crippen LogP contribution in [0.3, 0.4) is 0 Å². The molecule has 3 aromatic rings. The molecule has 8 heteroatoms. The Hall–Kier alpha value is -3.00. The van der Waals surface area contributed by atoms with Crippen molar-refractivity contribution >= 4 is 16.9 Å². The molecule has 2 aromatic heterocycles. The van der Waals surface area contributed by atoms with Crippen molar-refractivity contribution in [2.75, 3.05) is 6.61 Å². The molecule has 4 rings (SSSR count). The highest BCUT2D eigenvalue weighted by Crippen LogP contribution is 2.14. The van der Waals surface area contributed by atoms with E-state index in [1.54, 1.807) is 4.68 Å². The zero-order chi connectivity index (χ0) is 17.2. The highest BCUT2D eigenvalue weighted by Gasteiger charge is 2.23. The third kappa shape index (κ3) is 3.03. The number of aromatic amines is 1. The number of carbonyl (C=O) groups is 1. The van der Waals surface area contributed by atoms with Crippen LogP contribution in [0.25, 0.3) is 16.7 Å². The summed E-state index contributed by atoms with van der Waals surface area (Å²) in [7, 11) is 0. The molecule has 8 nitrogen and oxygen atoms in total. The van der Waals surface area contributed by atoms with Gasteiger partial charge in [-0.1, -0.05) is 18.2 Å². The number of aromatic nitrogens is 4. The fourth-order valence-electron chi connectivity index (χ4n) is 2.87. The van der Waals surface area contributed by atoms with Crippen molar-refractivity contribution in [3.8, 4) is 5.69 Å². The molecule has 3 heterocycles. The molecule has 1 aliphatic heterocycles. The standard InChI is InChI=1S/C17H17N5O3/c23-16-12-9-19-22(11-5-2-1-3-6-11)15(12)20-14(21-16)10-18-17(24)13-7-4-8-25-13/h1-3,5-6,9,13H,4,7-8,10H2,(H,18,24)(H,20,21,23)/t13-/m0/s1. The van der Waals surface area contributed by atoms with E-state index < -0.39 is 6.10 Å². The van der Waals surface area contributed by atoms with Gasteiger partial charge in [-0.3, -0.25) is 9.59 Å². The third-order valence-corrected chi connectivity index (χ3v) is 4.14. The molecule has 2 N–H and O–H groups in total. The number of fused-ring (bicyclic) bond motifs is 1. The molecule has 0 aliphatic carbocycles. The monoisotopic (exact) mass is 339 g/mol. The molecule has 1 atom stereocenters. The van der Waals surface area contributed by atoms with E-state index in [0.29, 0.717) is 23.5 Å². The van der Waals surface area contributed by atoms with Crippen molar-refractivity contribution in [3.63, 3.8) is 0 Å². The number of benzene rings is 1. The van der Waals surface area contributed by atoms with Crippen LogP contribution in [0.4, 0.5) is 0 Å². The Labute approximate surface area is 142 Å². The number of amides is 1. The fraction of sp³-hybridized carbons (Fsp3) is 0.294. The SMILES string of the molecule is O=C(NCc1nc2c(cnn2-c2ccccc2)c(=O)[nH]1)[C@@H]1CCCO1. The average Bonchev–Trinajstić information content (AvgIpc) is 3.30. The van der Waals surface area contributed by atoms with Gasteiger partial charge in [-0.15, -0.1) is 0 Å². The van der Waals surface area contributed by atoms with Gasteiger partial charge < -0.3 is 15.0 Å². The van der Waals surface area contributed by atoms with Crippen molar-refractivity contribution < 1.29 is 9.53 Å². The Morgan fingerprint density at radius 3 is 2.96 bits per heavy atom. The first-order valence-electron chi connectivity index (χ1n) is 8.14. The summed E-state index contributed by atoms with van der Waals surface area (Å²) in [6.07, 6.45) is 2.68. The van der Waals surface area contributed by atoms with Crippen LogP contribution < -0.4 is 10.9 Å². The van der Waals surface area contributed by atoms with E-state index in [1.807, 2.05) is 30.3 Å². The number of ether oxygens (including phenoxy) is 1. The third-order valence-electron chi connectivity index (χ3n) is 4.14. The van der Waals surface area contributed by atoms with Crippen molar-refractivity contribution in [1.82, 2.24) is 25.1 Å². The Morgan fingerprint density at radius 2 is 2.20 bits per heavy atom. The predicted octanol–water partition coefficient (Wildman–Crippen LogP) is 0.904. The zero-order valence-corrected chi connectivity index (χ0v) is 13.4. The Kier molecular flexibility index (Phi) is 4.02. The van der Waals surface area contributed by atoms with E-state index in [4.69, 9.17) is 4.74 Å². The van der Waals surface area contributed by atoms with Crippen LogP contribution in [-0.2, 0) is 16.1 Å². The maximum Gasteiger partial charge on any atom is 0.262 e. The second kappa shape index (κ2) is 6.48. The minimum absolute atomic E-state index is 0.129. The summed E-state index contributed by atoms with van der Waals surface area (Å²) in [5.41, 5.74) is 0.981. The summed E-state index contributed by atoms with van der Waals surface area (Å²) in [5, 5.41) is 7.41. The van der Waals surface area contributed by atoms with Gasteiger partial charge in [-0.05, 0) is 25.0 Å². The maximum absolute atomic E-state index is 12.3. The highest BCUT2D eigenvalue weighted by molar-refractivity contribution is 5.81. The largest absolute Gasteiger partial charge is 0.368 e. The van der Waals surface area contributed by atoms with E-state index in [1.165, 1.54) is 6.20 Å². The van der Waals surface area contributed by atoms with Crippen LogP contribution in [-0.4, -0.2) is 38.4 Å². The van der Waals surface area contributed by atoms with Crippen molar-refractivity contribution in [2.45, 2.75) is 25.5 Å². The Morgan fingerprint density at radius 1 is 1.36 bits per heavy atom. The van der Waals surface area contributed by atoms with Crippen LogP contribution in [0.5, 0.6) is 0 Å². The van der Waals surface area contributed by atoms with Crippen LogP contribution in [0.2, 0.25) is 0 Å².